The van der Waals surface area contributed by atoms with E-state index in [0.717, 1.165) is 50.0 Å². The third-order valence-corrected chi connectivity index (χ3v) is 10.0. The number of hydrogen-bond donors (Lipinski definition) is 1. The number of benzene rings is 1. The Morgan fingerprint density at radius 1 is 0.619 bits per heavy atom. The molecule has 1 aromatic carbocycles. The van der Waals surface area contributed by atoms with E-state index in [-0.39, 0.29) is 17.2 Å². The molecule has 7 heteroatoms. The summed E-state index contributed by atoms with van der Waals surface area (Å²) in [5.41, 5.74) is 0.564. The standard InChI is InChI=1S/C19H40O.C16H20O4S2/c1-3-5-7-9-11-13-15-17-19(20)18-16-14-12-10-8-6-4-2;17-15-13-7-1-2-8-14(13)16(18)20-10-4-6-12-22-21-11-5-3-9-19-15/h19-20H,3-18H2,1-2H3;1-2,7-8H,3-6,9-12H2. The highest BCUT2D eigenvalue weighted by atomic mass is 33.1. The molecule has 0 spiro atoms. The molecule has 1 aliphatic rings. The maximum atomic E-state index is 12.1. The van der Waals surface area contributed by atoms with E-state index in [2.05, 4.69) is 13.8 Å². The summed E-state index contributed by atoms with van der Waals surface area (Å²) < 4.78 is 10.5. The smallest absolute Gasteiger partial charge is 0.339 e. The molecule has 0 radical (unpaired) electrons. The molecular weight excluding hydrogens is 565 g/mol. The molecule has 0 atom stereocenters. The van der Waals surface area contributed by atoms with E-state index in [0.29, 0.717) is 13.2 Å². The Bertz CT molecular complexity index is 725. The Morgan fingerprint density at radius 3 is 1.40 bits per heavy atom. The molecule has 1 aromatic rings. The monoisotopic (exact) mass is 624 g/mol. The first-order chi connectivity index (χ1) is 20.6. The predicted octanol–water partition coefficient (Wildman–Crippen LogP) is 10.6. The predicted molar refractivity (Wildman–Crippen MR) is 182 cm³/mol. The molecule has 1 heterocycles. The summed E-state index contributed by atoms with van der Waals surface area (Å²) in [6, 6.07) is 6.65. The summed E-state index contributed by atoms with van der Waals surface area (Å²) in [5.74, 6) is 1.21. The first-order valence-electron chi connectivity index (χ1n) is 17.0. The molecule has 0 fully saturated rings. The Kier molecular flexibility index (Phi) is 26.4. The van der Waals surface area contributed by atoms with Crippen molar-refractivity contribution >= 4 is 33.5 Å². The fraction of sp³-hybridized carbons (Fsp3) is 0.771. The van der Waals surface area contributed by atoms with Crippen molar-refractivity contribution in [3.8, 4) is 0 Å². The molecule has 0 bridgehead atoms. The summed E-state index contributed by atoms with van der Waals surface area (Å²) in [4.78, 5) is 24.2. The van der Waals surface area contributed by atoms with Crippen molar-refractivity contribution in [2.24, 2.45) is 0 Å². The molecule has 0 aliphatic carbocycles. The van der Waals surface area contributed by atoms with Gasteiger partial charge in [-0.1, -0.05) is 137 Å². The topological polar surface area (TPSA) is 72.8 Å². The summed E-state index contributed by atoms with van der Waals surface area (Å²) in [6.07, 6.45) is 24.6. The van der Waals surface area contributed by atoms with Gasteiger partial charge in [0.2, 0.25) is 0 Å². The van der Waals surface area contributed by atoms with Gasteiger partial charge in [-0.2, -0.15) is 0 Å². The second kappa shape index (κ2) is 28.6. The Morgan fingerprint density at radius 2 is 1.00 bits per heavy atom. The van der Waals surface area contributed by atoms with Gasteiger partial charge < -0.3 is 14.6 Å². The number of aliphatic hydroxyl groups is 1. The molecule has 0 amide bonds. The maximum absolute atomic E-state index is 12.1. The van der Waals surface area contributed by atoms with Crippen LogP contribution >= 0.6 is 21.6 Å². The second-order valence-corrected chi connectivity index (χ2v) is 14.1. The van der Waals surface area contributed by atoms with Crippen LogP contribution in [0.3, 0.4) is 0 Å². The fourth-order valence-electron chi connectivity index (χ4n) is 4.79. The number of carbonyl (C=O) groups excluding carboxylic acids is 2. The van der Waals surface area contributed by atoms with E-state index < -0.39 is 11.9 Å². The summed E-state index contributed by atoms with van der Waals surface area (Å²) >= 11 is 0. The molecular formula is C35H60O5S2. The van der Waals surface area contributed by atoms with Gasteiger partial charge in [-0.15, -0.1) is 0 Å². The number of carbonyl (C=O) groups is 2. The van der Waals surface area contributed by atoms with E-state index in [9.17, 15) is 14.7 Å². The average Bonchev–Trinajstić information content (AvgIpc) is 3.00. The van der Waals surface area contributed by atoms with Crippen molar-refractivity contribution in [2.75, 3.05) is 24.7 Å². The molecule has 1 aliphatic heterocycles. The third kappa shape index (κ3) is 21.5. The van der Waals surface area contributed by atoms with E-state index in [1.165, 1.54) is 89.9 Å². The van der Waals surface area contributed by atoms with Crippen LogP contribution in [0.2, 0.25) is 0 Å². The second-order valence-electron chi connectivity index (χ2n) is 11.3. The van der Waals surface area contributed by atoms with E-state index >= 15 is 0 Å². The highest BCUT2D eigenvalue weighted by Gasteiger charge is 2.19. The molecule has 0 saturated carbocycles. The number of aliphatic hydroxyl groups excluding tert-OH is 1. The zero-order chi connectivity index (χ0) is 30.5. The molecule has 0 unspecified atom stereocenters. The fourth-order valence-corrected chi connectivity index (χ4v) is 7.08. The van der Waals surface area contributed by atoms with Crippen molar-refractivity contribution < 1.29 is 24.2 Å². The van der Waals surface area contributed by atoms with Gasteiger partial charge in [0.25, 0.3) is 0 Å². The van der Waals surface area contributed by atoms with Gasteiger partial charge in [-0.05, 0) is 50.7 Å². The van der Waals surface area contributed by atoms with Crippen molar-refractivity contribution in [1.29, 1.82) is 0 Å². The van der Waals surface area contributed by atoms with E-state index in [1.54, 1.807) is 24.3 Å². The van der Waals surface area contributed by atoms with Crippen LogP contribution in [0.25, 0.3) is 0 Å². The van der Waals surface area contributed by atoms with Crippen molar-refractivity contribution in [1.82, 2.24) is 0 Å². The Balaban J connectivity index is 0.000000423. The first-order valence-corrected chi connectivity index (χ1v) is 19.4. The van der Waals surface area contributed by atoms with Gasteiger partial charge >= 0.3 is 11.9 Å². The summed E-state index contributed by atoms with van der Waals surface area (Å²) in [6.45, 7) is 5.29. The largest absolute Gasteiger partial charge is 0.462 e. The van der Waals surface area contributed by atoms with Crippen LogP contribution < -0.4 is 0 Å². The van der Waals surface area contributed by atoms with Gasteiger partial charge in [-0.3, -0.25) is 0 Å². The SMILES string of the molecule is CCCCCCCCCC(O)CCCCCCCCC.O=C1OCCCCSSCCCCOC(=O)c2ccccc21. The Hall–Kier alpha value is -1.18. The quantitative estimate of drug-likeness (QED) is 0.111. The number of fused-ring (bicyclic) bond motifs is 1. The Labute approximate surface area is 265 Å². The number of ether oxygens (including phenoxy) is 2. The normalized spacial score (nSPS) is 15.3. The minimum absolute atomic E-state index is 0.0266. The van der Waals surface area contributed by atoms with Crippen LogP contribution in [0, 0.1) is 0 Å². The lowest BCUT2D eigenvalue weighted by Crippen LogP contribution is -2.15. The summed E-state index contributed by atoms with van der Waals surface area (Å²) in [7, 11) is 3.69. The number of unbranched alkanes of at least 4 members (excludes halogenated alkanes) is 12. The van der Waals surface area contributed by atoms with Crippen LogP contribution in [-0.4, -0.2) is 47.9 Å². The van der Waals surface area contributed by atoms with Crippen LogP contribution in [0.15, 0.2) is 24.3 Å². The molecule has 5 nitrogen and oxygen atoms in total. The van der Waals surface area contributed by atoms with Crippen molar-refractivity contribution in [2.45, 2.75) is 148 Å². The highest BCUT2D eigenvalue weighted by molar-refractivity contribution is 8.76. The van der Waals surface area contributed by atoms with Gasteiger partial charge in [0.05, 0.1) is 30.4 Å². The van der Waals surface area contributed by atoms with Gasteiger partial charge in [-0.25, -0.2) is 9.59 Å². The number of cyclic esters (lactones) is 2. The highest BCUT2D eigenvalue weighted by Crippen LogP contribution is 2.24. The van der Waals surface area contributed by atoms with Gasteiger partial charge in [0.1, 0.15) is 0 Å². The van der Waals surface area contributed by atoms with Crippen molar-refractivity contribution in [3.05, 3.63) is 35.4 Å². The molecule has 0 saturated heterocycles. The molecule has 2 rings (SSSR count). The van der Waals surface area contributed by atoms with Crippen LogP contribution in [0.1, 0.15) is 163 Å². The first kappa shape index (κ1) is 38.8. The lowest BCUT2D eigenvalue weighted by Gasteiger charge is -2.10. The average molecular weight is 625 g/mol. The van der Waals surface area contributed by atoms with Crippen molar-refractivity contribution in [3.63, 3.8) is 0 Å². The summed E-state index contributed by atoms with van der Waals surface area (Å²) in [5, 5.41) is 9.93. The van der Waals surface area contributed by atoms with E-state index in [4.69, 9.17) is 9.47 Å². The zero-order valence-electron chi connectivity index (χ0n) is 26.8. The maximum Gasteiger partial charge on any atom is 0.339 e. The molecule has 42 heavy (non-hydrogen) atoms. The molecule has 242 valence electrons. The minimum atomic E-state index is -0.457. The van der Waals surface area contributed by atoms with Crippen LogP contribution in [0.4, 0.5) is 0 Å². The number of hydrogen-bond acceptors (Lipinski definition) is 7. The third-order valence-electron chi connectivity index (χ3n) is 7.44. The lowest BCUT2D eigenvalue weighted by atomic mass is 10.0. The molecule has 1 N–H and O–H groups in total. The van der Waals surface area contributed by atoms with Gasteiger partial charge in [0.15, 0.2) is 0 Å². The molecule has 0 aromatic heterocycles. The minimum Gasteiger partial charge on any atom is -0.462 e. The number of esters is 2. The van der Waals surface area contributed by atoms with Crippen LogP contribution in [0.5, 0.6) is 0 Å². The van der Waals surface area contributed by atoms with Crippen LogP contribution in [-0.2, 0) is 9.47 Å². The lowest BCUT2D eigenvalue weighted by molar-refractivity contribution is 0.0452. The number of rotatable bonds is 16. The van der Waals surface area contributed by atoms with E-state index in [1.807, 2.05) is 21.6 Å². The zero-order valence-corrected chi connectivity index (χ0v) is 28.4. The van der Waals surface area contributed by atoms with Gasteiger partial charge in [0, 0.05) is 11.5 Å².